The number of halogens is 2. The van der Waals surface area contributed by atoms with Crippen LogP contribution in [0.25, 0.3) is 0 Å². The molecule has 2 aromatic carbocycles. The largest absolute Gasteiger partial charge is 0.340 e. The summed E-state index contributed by atoms with van der Waals surface area (Å²) in [4.78, 5) is 7.87. The van der Waals surface area contributed by atoms with E-state index in [1.165, 1.54) is 32.1 Å². The average Bonchev–Trinajstić information content (AvgIpc) is 3.66. The van der Waals surface area contributed by atoms with Gasteiger partial charge in [0.25, 0.3) is 0 Å². The van der Waals surface area contributed by atoms with E-state index >= 15 is 0 Å². The number of piperazine rings is 1. The van der Waals surface area contributed by atoms with Crippen molar-refractivity contribution in [3.63, 3.8) is 0 Å². The fourth-order valence-corrected chi connectivity index (χ4v) is 7.21. The maximum Gasteiger partial charge on any atom is 0.240 e. The molecule has 10 heteroatoms. The van der Waals surface area contributed by atoms with E-state index in [0.717, 1.165) is 43.3 Å². The Hall–Kier alpha value is -1.84. The van der Waals surface area contributed by atoms with E-state index in [9.17, 15) is 8.42 Å². The fourth-order valence-electron chi connectivity index (χ4n) is 5.67. The Bertz CT molecular complexity index is 1260. The van der Waals surface area contributed by atoms with Crippen LogP contribution < -0.4 is 15.4 Å². The van der Waals surface area contributed by atoms with Crippen LogP contribution in [0.4, 0.5) is 5.69 Å². The van der Waals surface area contributed by atoms with Gasteiger partial charge in [-0.15, -0.1) is 0 Å². The normalized spacial score (nSPS) is 23.4. The van der Waals surface area contributed by atoms with E-state index in [-0.39, 0.29) is 11.4 Å². The molecule has 0 aromatic heterocycles. The Labute approximate surface area is 236 Å². The lowest BCUT2D eigenvalue weighted by atomic mass is 9.82. The summed E-state index contributed by atoms with van der Waals surface area (Å²) in [5.41, 5.74) is 2.09. The molecule has 1 heterocycles. The van der Waals surface area contributed by atoms with E-state index in [1.54, 1.807) is 24.3 Å². The van der Waals surface area contributed by atoms with E-state index < -0.39 is 10.0 Å². The lowest BCUT2D eigenvalue weighted by Gasteiger charge is -2.36. The highest BCUT2D eigenvalue weighted by Crippen LogP contribution is 2.57. The summed E-state index contributed by atoms with van der Waals surface area (Å²) in [6, 6.07) is 12.9. The summed E-state index contributed by atoms with van der Waals surface area (Å²) < 4.78 is 28.5. The zero-order chi connectivity index (χ0) is 26.8. The minimum atomic E-state index is -3.65. The topological polar surface area (TPSA) is 85.8 Å². The van der Waals surface area contributed by atoms with Gasteiger partial charge in [0.05, 0.1) is 10.9 Å². The highest BCUT2D eigenvalue weighted by Gasteiger charge is 2.50. The van der Waals surface area contributed by atoms with Crippen molar-refractivity contribution < 1.29 is 8.42 Å². The van der Waals surface area contributed by atoms with Crippen LogP contribution in [-0.4, -0.2) is 57.5 Å². The zero-order valence-corrected chi connectivity index (χ0v) is 24.2. The first-order chi connectivity index (χ1) is 18.2. The first-order valence-electron chi connectivity index (χ1n) is 13.6. The minimum absolute atomic E-state index is 0.226. The van der Waals surface area contributed by atoms with Crippen LogP contribution >= 0.6 is 23.2 Å². The molecule has 5 rings (SSSR count). The van der Waals surface area contributed by atoms with Crippen molar-refractivity contribution in [2.24, 2.45) is 10.4 Å². The van der Waals surface area contributed by atoms with Crippen LogP contribution in [0, 0.1) is 5.41 Å². The molecular weight excluding hydrogens is 541 g/mol. The molecule has 1 saturated heterocycles. The van der Waals surface area contributed by atoms with Gasteiger partial charge in [-0.2, -0.15) is 0 Å². The SMILES string of the molecule is C[C@H]1CN(C(=NC2CCCCC23CC3)Nc2ccc(S(=O)(=O)NCCc3ccc(Cl)cc3Cl)cc2)CCN1. The molecule has 3 N–H and O–H groups in total. The Kier molecular flexibility index (Phi) is 8.55. The van der Waals surface area contributed by atoms with Crippen molar-refractivity contribution in [1.82, 2.24) is 14.9 Å². The van der Waals surface area contributed by atoms with Gasteiger partial charge in [-0.1, -0.05) is 42.1 Å². The van der Waals surface area contributed by atoms with Gasteiger partial charge < -0.3 is 15.5 Å². The highest BCUT2D eigenvalue weighted by atomic mass is 35.5. The first kappa shape index (κ1) is 27.7. The number of anilines is 1. The number of guanidine groups is 1. The molecule has 1 aliphatic heterocycles. The van der Waals surface area contributed by atoms with E-state index in [2.05, 4.69) is 27.2 Å². The molecule has 0 bridgehead atoms. The summed E-state index contributed by atoms with van der Waals surface area (Å²) in [6.07, 6.45) is 8.04. The summed E-state index contributed by atoms with van der Waals surface area (Å²) in [7, 11) is -3.65. The second-order valence-corrected chi connectivity index (χ2v) is 13.5. The number of hydrogen-bond acceptors (Lipinski definition) is 4. The summed E-state index contributed by atoms with van der Waals surface area (Å²) >= 11 is 12.2. The maximum absolute atomic E-state index is 12.9. The first-order valence-corrected chi connectivity index (χ1v) is 15.8. The molecule has 3 fully saturated rings. The predicted molar refractivity (Wildman–Crippen MR) is 156 cm³/mol. The molecule has 1 unspecified atom stereocenters. The number of hydrogen-bond donors (Lipinski definition) is 3. The van der Waals surface area contributed by atoms with Crippen molar-refractivity contribution in [1.29, 1.82) is 0 Å². The monoisotopic (exact) mass is 577 g/mol. The molecule has 3 aliphatic rings. The van der Waals surface area contributed by atoms with E-state index in [0.29, 0.717) is 34.0 Å². The Morgan fingerprint density at radius 1 is 1.13 bits per heavy atom. The molecule has 2 aliphatic carbocycles. The maximum atomic E-state index is 12.9. The van der Waals surface area contributed by atoms with Crippen molar-refractivity contribution in [3.05, 3.63) is 58.1 Å². The van der Waals surface area contributed by atoms with Crippen LogP contribution in [0.5, 0.6) is 0 Å². The second-order valence-electron chi connectivity index (χ2n) is 10.9. The molecule has 0 radical (unpaired) electrons. The zero-order valence-electron chi connectivity index (χ0n) is 21.8. The number of nitrogens with zero attached hydrogens (tertiary/aromatic N) is 2. The molecule has 2 atom stereocenters. The molecule has 0 amide bonds. The molecule has 2 aromatic rings. The van der Waals surface area contributed by atoms with Gasteiger partial charge in [0.15, 0.2) is 5.96 Å². The molecular formula is C28H37Cl2N5O2S. The van der Waals surface area contributed by atoms with Crippen LogP contribution in [0.15, 0.2) is 52.4 Å². The lowest BCUT2D eigenvalue weighted by molar-refractivity contribution is 0.273. The van der Waals surface area contributed by atoms with Gasteiger partial charge in [-0.3, -0.25) is 0 Å². The van der Waals surface area contributed by atoms with Gasteiger partial charge in [0.2, 0.25) is 10.0 Å². The van der Waals surface area contributed by atoms with Crippen molar-refractivity contribution >= 4 is 44.9 Å². The van der Waals surface area contributed by atoms with Gasteiger partial charge in [-0.05, 0) is 86.4 Å². The lowest BCUT2D eigenvalue weighted by Crippen LogP contribution is -2.53. The smallest absolute Gasteiger partial charge is 0.240 e. The predicted octanol–water partition coefficient (Wildman–Crippen LogP) is 5.30. The Balaban J connectivity index is 1.26. The third-order valence-corrected chi connectivity index (χ3v) is 10.1. The van der Waals surface area contributed by atoms with Gasteiger partial charge >= 0.3 is 0 Å². The Morgan fingerprint density at radius 3 is 2.63 bits per heavy atom. The summed E-state index contributed by atoms with van der Waals surface area (Å²) in [6.45, 7) is 5.14. The highest BCUT2D eigenvalue weighted by molar-refractivity contribution is 7.89. The van der Waals surface area contributed by atoms with Crippen molar-refractivity contribution in [2.45, 2.75) is 68.8 Å². The summed E-state index contributed by atoms with van der Waals surface area (Å²) in [5.74, 6) is 0.908. The number of rotatable bonds is 7. The minimum Gasteiger partial charge on any atom is -0.340 e. The van der Waals surface area contributed by atoms with Crippen LogP contribution in [-0.2, 0) is 16.4 Å². The molecule has 2 saturated carbocycles. The Morgan fingerprint density at radius 2 is 1.92 bits per heavy atom. The standard InChI is InChI=1S/C28H37Cl2N5O2S/c1-20-19-35(17-16-31-20)27(34-26-4-2-3-12-28(26)13-14-28)33-23-7-9-24(10-8-23)38(36,37)32-15-11-21-5-6-22(29)18-25(21)30/h5-10,18,20,26,31-32H,2-4,11-17,19H2,1H3,(H,33,34)/t20-,26?/m0/s1. The van der Waals surface area contributed by atoms with Gasteiger partial charge in [0, 0.05) is 48.0 Å². The average molecular weight is 579 g/mol. The van der Waals surface area contributed by atoms with Gasteiger partial charge in [0.1, 0.15) is 0 Å². The van der Waals surface area contributed by atoms with Crippen LogP contribution in [0.1, 0.15) is 51.0 Å². The number of benzene rings is 2. The second kappa shape index (κ2) is 11.7. The third kappa shape index (κ3) is 6.65. The quantitative estimate of drug-likeness (QED) is 0.307. The molecule has 206 valence electrons. The van der Waals surface area contributed by atoms with Crippen LogP contribution in [0.2, 0.25) is 10.0 Å². The molecule has 1 spiro atoms. The molecule has 7 nitrogen and oxygen atoms in total. The van der Waals surface area contributed by atoms with Crippen molar-refractivity contribution in [2.75, 3.05) is 31.5 Å². The van der Waals surface area contributed by atoms with Crippen LogP contribution in [0.3, 0.4) is 0 Å². The fraction of sp³-hybridized carbons (Fsp3) is 0.536. The number of aliphatic imine (C=N–C) groups is 1. The summed E-state index contributed by atoms with van der Waals surface area (Å²) in [5, 5.41) is 8.14. The van der Waals surface area contributed by atoms with E-state index in [1.807, 2.05) is 18.2 Å². The molecule has 38 heavy (non-hydrogen) atoms. The third-order valence-electron chi connectivity index (χ3n) is 8.07. The van der Waals surface area contributed by atoms with Crippen molar-refractivity contribution in [3.8, 4) is 0 Å². The number of sulfonamides is 1. The van der Waals surface area contributed by atoms with E-state index in [4.69, 9.17) is 28.2 Å². The number of nitrogens with one attached hydrogen (secondary N) is 3. The van der Waals surface area contributed by atoms with Gasteiger partial charge in [-0.25, -0.2) is 18.1 Å².